The van der Waals surface area contributed by atoms with Gasteiger partial charge in [0.05, 0.1) is 12.6 Å². The molecule has 5 nitrogen and oxygen atoms in total. The lowest BCUT2D eigenvalue weighted by Crippen LogP contribution is -2.40. The maximum absolute atomic E-state index is 10.6. The van der Waals surface area contributed by atoms with Gasteiger partial charge in [-0.2, -0.15) is 0 Å². The Balaban J connectivity index is 0.00000576. The zero-order valence-electron chi connectivity index (χ0n) is 16.0. The summed E-state index contributed by atoms with van der Waals surface area (Å²) in [5, 5.41) is 19.1. The highest BCUT2D eigenvalue weighted by Gasteiger charge is 2.24. The van der Waals surface area contributed by atoms with E-state index in [2.05, 4.69) is 29.5 Å². The summed E-state index contributed by atoms with van der Waals surface area (Å²) in [4.78, 5) is 5.47. The van der Waals surface area contributed by atoms with E-state index >= 15 is 0 Å². The van der Waals surface area contributed by atoms with Gasteiger partial charge in [0.1, 0.15) is 5.60 Å². The van der Waals surface area contributed by atoms with Crippen molar-refractivity contribution in [2.45, 2.75) is 52.7 Å². The number of thiophene rings is 1. The van der Waals surface area contributed by atoms with Gasteiger partial charge < -0.3 is 20.5 Å². The van der Waals surface area contributed by atoms with Crippen LogP contribution in [0.25, 0.3) is 0 Å². The molecular weight excluding hydrogens is 449 g/mol. The number of nitrogens with zero attached hydrogens (tertiary/aromatic N) is 1. The highest BCUT2D eigenvalue weighted by atomic mass is 127. The van der Waals surface area contributed by atoms with Gasteiger partial charge in [-0.25, -0.2) is 4.99 Å². The van der Waals surface area contributed by atoms with E-state index in [-0.39, 0.29) is 30.1 Å². The molecule has 2 unspecified atom stereocenters. The second kappa shape index (κ2) is 12.9. The molecule has 146 valence electrons. The lowest BCUT2D eigenvalue weighted by molar-refractivity contribution is 0.0258. The second-order valence-corrected chi connectivity index (χ2v) is 7.35. The third-order valence-corrected chi connectivity index (χ3v) is 4.91. The van der Waals surface area contributed by atoms with Crippen LogP contribution in [-0.2, 0) is 10.3 Å². The largest absolute Gasteiger partial charge is 0.383 e. The van der Waals surface area contributed by atoms with Gasteiger partial charge in [0.25, 0.3) is 0 Å². The highest BCUT2D eigenvalue weighted by Crippen LogP contribution is 2.25. The Hall–Kier alpha value is -0.380. The predicted octanol–water partition coefficient (Wildman–Crippen LogP) is 3.58. The van der Waals surface area contributed by atoms with Crippen molar-refractivity contribution in [2.75, 3.05) is 26.2 Å². The first-order valence-electron chi connectivity index (χ1n) is 8.80. The Kier molecular flexibility index (Phi) is 12.7. The number of hydrogen-bond donors (Lipinski definition) is 3. The van der Waals surface area contributed by atoms with Gasteiger partial charge >= 0.3 is 0 Å². The van der Waals surface area contributed by atoms with Crippen molar-refractivity contribution in [1.29, 1.82) is 0 Å². The van der Waals surface area contributed by atoms with E-state index < -0.39 is 5.60 Å². The quantitative estimate of drug-likeness (QED) is 0.271. The van der Waals surface area contributed by atoms with Crippen LogP contribution in [0.1, 0.15) is 45.9 Å². The fraction of sp³-hybridized carbons (Fsp3) is 0.722. The predicted molar refractivity (Wildman–Crippen MR) is 118 cm³/mol. The molecule has 1 heterocycles. The van der Waals surface area contributed by atoms with Crippen molar-refractivity contribution in [3.63, 3.8) is 0 Å². The number of aliphatic imine (C=N–C) groups is 1. The van der Waals surface area contributed by atoms with E-state index in [1.54, 1.807) is 18.3 Å². The second-order valence-electron chi connectivity index (χ2n) is 6.40. The normalized spacial score (nSPS) is 15.4. The lowest BCUT2D eigenvalue weighted by Gasteiger charge is -2.22. The molecule has 1 aromatic heterocycles. The summed E-state index contributed by atoms with van der Waals surface area (Å²) in [7, 11) is 0. The van der Waals surface area contributed by atoms with Crippen molar-refractivity contribution in [2.24, 2.45) is 10.9 Å². The lowest BCUT2D eigenvalue weighted by atomic mass is 10.0. The number of guanidine groups is 1. The molecule has 0 radical (unpaired) electrons. The molecule has 0 saturated carbocycles. The number of aliphatic hydroxyl groups is 1. The molecular formula is C18H34IN3O2S. The standard InChI is InChI=1S/C18H33N3O2S.HI/c1-6-19-17(20-11-10-15(14(3)4)23-7-2)21-13-18(5,22)16-9-8-12-24-16;/h8-9,12,14-15,22H,6-7,10-11,13H2,1-5H3,(H2,19,20,21);1H. The third kappa shape index (κ3) is 9.21. The van der Waals surface area contributed by atoms with Gasteiger partial charge in [-0.15, -0.1) is 35.3 Å². The molecule has 25 heavy (non-hydrogen) atoms. The molecule has 0 bridgehead atoms. The number of halogens is 1. The summed E-state index contributed by atoms with van der Waals surface area (Å²) < 4.78 is 5.77. The van der Waals surface area contributed by atoms with Crippen LogP contribution in [0, 0.1) is 5.92 Å². The van der Waals surface area contributed by atoms with E-state index in [9.17, 15) is 5.11 Å². The van der Waals surface area contributed by atoms with Gasteiger partial charge in [0.2, 0.25) is 0 Å². The molecule has 2 atom stereocenters. The molecule has 0 aliphatic carbocycles. The topological polar surface area (TPSA) is 65.9 Å². The van der Waals surface area contributed by atoms with Crippen molar-refractivity contribution < 1.29 is 9.84 Å². The average molecular weight is 483 g/mol. The van der Waals surface area contributed by atoms with Crippen LogP contribution in [0.15, 0.2) is 22.5 Å². The van der Waals surface area contributed by atoms with Crippen LogP contribution in [0.5, 0.6) is 0 Å². The zero-order chi connectivity index (χ0) is 18.0. The van der Waals surface area contributed by atoms with E-state index in [1.165, 1.54) is 0 Å². The summed E-state index contributed by atoms with van der Waals surface area (Å²) in [5.74, 6) is 1.22. The summed E-state index contributed by atoms with van der Waals surface area (Å²) >= 11 is 1.55. The fourth-order valence-corrected chi connectivity index (χ4v) is 3.17. The van der Waals surface area contributed by atoms with E-state index in [4.69, 9.17) is 4.74 Å². The van der Waals surface area contributed by atoms with Crippen molar-refractivity contribution in [3.05, 3.63) is 22.4 Å². The SMILES string of the molecule is CCNC(=NCC(C)(O)c1cccs1)NCCC(OCC)C(C)C.I. The first-order chi connectivity index (χ1) is 11.4. The van der Waals surface area contributed by atoms with Crippen molar-refractivity contribution in [1.82, 2.24) is 10.6 Å². The molecule has 0 aliphatic rings. The minimum atomic E-state index is -0.942. The Morgan fingerprint density at radius 3 is 2.60 bits per heavy atom. The summed E-state index contributed by atoms with van der Waals surface area (Å²) in [6, 6.07) is 3.89. The first kappa shape index (κ1) is 24.6. The van der Waals surface area contributed by atoms with Gasteiger partial charge in [-0.1, -0.05) is 19.9 Å². The average Bonchev–Trinajstić information content (AvgIpc) is 3.07. The van der Waals surface area contributed by atoms with Crippen LogP contribution in [0.2, 0.25) is 0 Å². The Labute approximate surface area is 173 Å². The Morgan fingerprint density at radius 2 is 2.08 bits per heavy atom. The maximum Gasteiger partial charge on any atom is 0.191 e. The van der Waals surface area contributed by atoms with Crippen LogP contribution < -0.4 is 10.6 Å². The van der Waals surface area contributed by atoms with Gasteiger partial charge in [-0.3, -0.25) is 0 Å². The van der Waals surface area contributed by atoms with Gasteiger partial charge in [-0.05, 0) is 44.6 Å². The molecule has 0 spiro atoms. The minimum Gasteiger partial charge on any atom is -0.383 e. The Morgan fingerprint density at radius 1 is 1.36 bits per heavy atom. The van der Waals surface area contributed by atoms with E-state index in [0.29, 0.717) is 12.5 Å². The van der Waals surface area contributed by atoms with E-state index in [0.717, 1.165) is 37.0 Å². The van der Waals surface area contributed by atoms with Gasteiger partial charge in [0.15, 0.2) is 5.96 Å². The van der Waals surface area contributed by atoms with Gasteiger partial charge in [0, 0.05) is 24.6 Å². The molecule has 0 fully saturated rings. The van der Waals surface area contributed by atoms with Crippen LogP contribution in [0.4, 0.5) is 0 Å². The van der Waals surface area contributed by atoms with Crippen LogP contribution >= 0.6 is 35.3 Å². The van der Waals surface area contributed by atoms with Crippen molar-refractivity contribution in [3.8, 4) is 0 Å². The monoisotopic (exact) mass is 483 g/mol. The molecule has 0 saturated heterocycles. The number of hydrogen-bond acceptors (Lipinski definition) is 4. The smallest absolute Gasteiger partial charge is 0.191 e. The number of nitrogens with one attached hydrogen (secondary N) is 2. The number of ether oxygens (including phenoxy) is 1. The Bertz CT molecular complexity index is 479. The first-order valence-corrected chi connectivity index (χ1v) is 9.68. The highest BCUT2D eigenvalue weighted by molar-refractivity contribution is 14.0. The van der Waals surface area contributed by atoms with Crippen LogP contribution in [0.3, 0.4) is 0 Å². The number of rotatable bonds is 10. The molecule has 0 amide bonds. The maximum atomic E-state index is 10.6. The summed E-state index contributed by atoms with van der Waals surface area (Å²) in [6.07, 6.45) is 1.18. The summed E-state index contributed by atoms with van der Waals surface area (Å²) in [5.41, 5.74) is -0.942. The molecule has 3 N–H and O–H groups in total. The van der Waals surface area contributed by atoms with Crippen molar-refractivity contribution >= 4 is 41.3 Å². The van der Waals surface area contributed by atoms with E-state index in [1.807, 2.05) is 31.4 Å². The fourth-order valence-electron chi connectivity index (χ4n) is 2.39. The summed E-state index contributed by atoms with van der Waals surface area (Å²) in [6.45, 7) is 12.8. The molecule has 0 aromatic carbocycles. The third-order valence-electron chi connectivity index (χ3n) is 3.79. The molecule has 0 aliphatic heterocycles. The minimum absolute atomic E-state index is 0. The molecule has 1 rings (SSSR count). The zero-order valence-corrected chi connectivity index (χ0v) is 19.2. The van der Waals surface area contributed by atoms with Crippen LogP contribution in [-0.4, -0.2) is 43.4 Å². The molecule has 7 heteroatoms. The molecule has 1 aromatic rings.